The Morgan fingerprint density at radius 2 is 1.40 bits per heavy atom. The topological polar surface area (TPSA) is 125 Å². The second-order valence-electron chi connectivity index (χ2n) is 10.4. The maximum atomic E-state index is 13.6. The summed E-state index contributed by atoms with van der Waals surface area (Å²) in [5.41, 5.74) is 9.30. The molecule has 0 aromatic heterocycles. The first kappa shape index (κ1) is 32.2. The molecule has 2 atom stereocenters. The van der Waals surface area contributed by atoms with E-state index < -0.39 is 42.2 Å². The lowest BCUT2D eigenvalue weighted by Gasteiger charge is -2.22. The minimum atomic E-state index is -0.895. The number of hydrogen-bond acceptors (Lipinski definition) is 7. The number of ether oxygens (including phenoxy) is 2. The van der Waals surface area contributed by atoms with Crippen molar-refractivity contribution in [2.24, 2.45) is 11.7 Å². The molecule has 0 aliphatic rings. The molecule has 3 N–H and O–H groups in total. The predicted octanol–water partition coefficient (Wildman–Crippen LogP) is 4.64. The maximum absolute atomic E-state index is 13.6. The average molecular weight is 573 g/mol. The van der Waals surface area contributed by atoms with Crippen LogP contribution >= 0.6 is 0 Å². The number of Topliss-reactive ketones (excluding diaryl/α,β-unsaturated/α-hetero) is 1. The molecule has 2 unspecified atom stereocenters. The zero-order valence-electron chi connectivity index (χ0n) is 24.3. The summed E-state index contributed by atoms with van der Waals surface area (Å²) in [4.78, 5) is 52.3. The van der Waals surface area contributed by atoms with E-state index in [0.717, 1.165) is 22.3 Å². The number of rotatable bonds is 16. The number of nitrogens with one attached hydrogen (secondary N) is 1. The molecule has 3 aromatic carbocycles. The lowest BCUT2D eigenvalue weighted by Crippen LogP contribution is -2.46. The van der Waals surface area contributed by atoms with Crippen LogP contribution < -0.4 is 11.1 Å². The van der Waals surface area contributed by atoms with Gasteiger partial charge in [-0.05, 0) is 68.3 Å². The highest BCUT2D eigenvalue weighted by atomic mass is 16.5. The normalized spacial score (nSPS) is 12.2. The van der Waals surface area contributed by atoms with Gasteiger partial charge < -0.3 is 20.5 Å². The number of unbranched alkanes of at least 4 members (excludes halogenated alkanes) is 1. The van der Waals surface area contributed by atoms with Crippen molar-refractivity contribution in [3.63, 3.8) is 0 Å². The Kier molecular flexibility index (Phi) is 12.9. The average Bonchev–Trinajstić information content (AvgIpc) is 2.99. The molecular weight excluding hydrogens is 532 g/mol. The summed E-state index contributed by atoms with van der Waals surface area (Å²) in [6.45, 7) is 3.67. The lowest BCUT2D eigenvalue weighted by atomic mass is 9.94. The van der Waals surface area contributed by atoms with Crippen LogP contribution in [0.25, 0.3) is 0 Å². The van der Waals surface area contributed by atoms with E-state index in [1.165, 1.54) is 0 Å². The highest BCUT2D eigenvalue weighted by Gasteiger charge is 2.29. The van der Waals surface area contributed by atoms with Crippen LogP contribution in [0.5, 0.6) is 0 Å². The van der Waals surface area contributed by atoms with Crippen LogP contribution in [-0.2, 0) is 36.9 Å². The van der Waals surface area contributed by atoms with Crippen LogP contribution in [0.2, 0.25) is 0 Å². The first-order chi connectivity index (χ1) is 20.3. The fourth-order valence-electron chi connectivity index (χ4n) is 4.70. The summed E-state index contributed by atoms with van der Waals surface area (Å²) in [6, 6.07) is 23.2. The molecule has 3 aromatic rings. The van der Waals surface area contributed by atoms with Crippen LogP contribution in [0.4, 0.5) is 0 Å². The van der Waals surface area contributed by atoms with E-state index in [1.807, 2.05) is 66.7 Å². The van der Waals surface area contributed by atoms with E-state index in [0.29, 0.717) is 37.8 Å². The van der Waals surface area contributed by atoms with Gasteiger partial charge >= 0.3 is 11.9 Å². The van der Waals surface area contributed by atoms with E-state index >= 15 is 0 Å². The van der Waals surface area contributed by atoms with Gasteiger partial charge in [-0.3, -0.25) is 14.4 Å². The van der Waals surface area contributed by atoms with Gasteiger partial charge in [0.1, 0.15) is 6.61 Å². The summed E-state index contributed by atoms with van der Waals surface area (Å²) in [5.74, 6) is -2.73. The Labute approximate surface area is 247 Å². The molecule has 222 valence electrons. The van der Waals surface area contributed by atoms with Gasteiger partial charge in [0.2, 0.25) is 5.91 Å². The van der Waals surface area contributed by atoms with E-state index in [4.69, 9.17) is 15.2 Å². The van der Waals surface area contributed by atoms with Crippen molar-refractivity contribution in [2.45, 2.75) is 58.6 Å². The third-order valence-electron chi connectivity index (χ3n) is 7.03. The van der Waals surface area contributed by atoms with Gasteiger partial charge in [0, 0.05) is 0 Å². The van der Waals surface area contributed by atoms with Crippen LogP contribution in [0.15, 0.2) is 78.9 Å². The van der Waals surface area contributed by atoms with Gasteiger partial charge in [0.25, 0.3) is 0 Å². The smallest absolute Gasteiger partial charge is 0.339 e. The Morgan fingerprint density at radius 3 is 2.02 bits per heavy atom. The van der Waals surface area contributed by atoms with Crippen molar-refractivity contribution >= 4 is 23.6 Å². The van der Waals surface area contributed by atoms with Crippen LogP contribution in [-0.4, -0.2) is 42.8 Å². The van der Waals surface area contributed by atoms with Gasteiger partial charge in [0.15, 0.2) is 12.4 Å². The SMILES string of the molecule is Cc1cccc(C)c1C(=O)OCC(=O)C(CCCCN)NC(=O)C(CC(=O)OCc1ccccc1)Cc1ccccc1. The monoisotopic (exact) mass is 572 g/mol. The minimum absolute atomic E-state index is 0.102. The molecule has 0 radical (unpaired) electrons. The largest absolute Gasteiger partial charge is 0.461 e. The van der Waals surface area contributed by atoms with Crippen LogP contribution in [0, 0.1) is 19.8 Å². The van der Waals surface area contributed by atoms with Crippen LogP contribution in [0.1, 0.15) is 58.3 Å². The fourth-order valence-corrected chi connectivity index (χ4v) is 4.70. The Bertz CT molecular complexity index is 1310. The standard InChI is InChI=1S/C34H40N2O6/c1-24-12-11-13-25(2)32(24)34(40)42-23-30(37)29(18-9-10-19-35)36-33(39)28(20-26-14-5-3-6-15-26)21-31(38)41-22-27-16-7-4-8-17-27/h3-8,11-17,28-29H,9-10,18-23,35H2,1-2H3,(H,36,39). The molecule has 0 heterocycles. The molecule has 42 heavy (non-hydrogen) atoms. The van der Waals surface area contributed by atoms with E-state index in [-0.39, 0.29) is 13.0 Å². The number of carbonyl (C=O) groups excluding carboxylic acids is 4. The molecule has 0 aliphatic carbocycles. The Balaban J connectivity index is 1.69. The molecule has 0 bridgehead atoms. The summed E-state index contributed by atoms with van der Waals surface area (Å²) in [5, 5.41) is 2.83. The number of benzene rings is 3. The fraction of sp³-hybridized carbons (Fsp3) is 0.353. The predicted molar refractivity (Wildman–Crippen MR) is 161 cm³/mol. The van der Waals surface area contributed by atoms with Crippen molar-refractivity contribution in [3.05, 3.63) is 107 Å². The first-order valence-electron chi connectivity index (χ1n) is 14.3. The Hall–Kier alpha value is -4.30. The molecule has 0 saturated carbocycles. The molecule has 0 spiro atoms. The number of amides is 1. The highest BCUT2D eigenvalue weighted by molar-refractivity contribution is 5.96. The van der Waals surface area contributed by atoms with Crippen molar-refractivity contribution in [2.75, 3.05) is 13.2 Å². The van der Waals surface area contributed by atoms with Gasteiger partial charge in [-0.15, -0.1) is 0 Å². The second-order valence-corrected chi connectivity index (χ2v) is 10.4. The van der Waals surface area contributed by atoms with Crippen molar-refractivity contribution in [3.8, 4) is 0 Å². The van der Waals surface area contributed by atoms with Gasteiger partial charge in [0.05, 0.1) is 23.9 Å². The highest BCUT2D eigenvalue weighted by Crippen LogP contribution is 2.17. The van der Waals surface area contributed by atoms with Crippen molar-refractivity contribution < 1.29 is 28.7 Å². The summed E-state index contributed by atoms with van der Waals surface area (Å²) in [6.07, 6.45) is 1.73. The van der Waals surface area contributed by atoms with Crippen molar-refractivity contribution in [1.82, 2.24) is 5.32 Å². The molecule has 1 amide bonds. The minimum Gasteiger partial charge on any atom is -0.461 e. The second kappa shape index (κ2) is 16.8. The maximum Gasteiger partial charge on any atom is 0.339 e. The number of esters is 2. The molecule has 0 aliphatic heterocycles. The molecule has 0 fully saturated rings. The Morgan fingerprint density at radius 1 is 0.786 bits per heavy atom. The molecule has 8 heteroatoms. The van der Waals surface area contributed by atoms with E-state index in [1.54, 1.807) is 26.0 Å². The summed E-state index contributed by atoms with van der Waals surface area (Å²) >= 11 is 0. The summed E-state index contributed by atoms with van der Waals surface area (Å²) in [7, 11) is 0. The molecular formula is C34H40N2O6. The summed E-state index contributed by atoms with van der Waals surface area (Å²) < 4.78 is 10.8. The third kappa shape index (κ3) is 10.3. The van der Waals surface area contributed by atoms with Gasteiger partial charge in [-0.2, -0.15) is 0 Å². The number of hydrogen-bond donors (Lipinski definition) is 2. The number of carbonyl (C=O) groups is 4. The van der Waals surface area contributed by atoms with Gasteiger partial charge in [-0.25, -0.2) is 4.79 Å². The molecule has 8 nitrogen and oxygen atoms in total. The van der Waals surface area contributed by atoms with E-state index in [9.17, 15) is 19.2 Å². The molecule has 3 rings (SSSR count). The van der Waals surface area contributed by atoms with E-state index in [2.05, 4.69) is 5.32 Å². The number of aryl methyl sites for hydroxylation is 2. The van der Waals surface area contributed by atoms with Crippen molar-refractivity contribution in [1.29, 1.82) is 0 Å². The zero-order valence-corrected chi connectivity index (χ0v) is 24.3. The number of ketones is 1. The number of nitrogens with two attached hydrogens (primary N) is 1. The van der Waals surface area contributed by atoms with Crippen LogP contribution in [0.3, 0.4) is 0 Å². The first-order valence-corrected chi connectivity index (χ1v) is 14.3. The third-order valence-corrected chi connectivity index (χ3v) is 7.03. The lowest BCUT2D eigenvalue weighted by molar-refractivity contribution is -0.148. The zero-order chi connectivity index (χ0) is 30.3. The molecule has 0 saturated heterocycles. The quantitative estimate of drug-likeness (QED) is 0.189. The van der Waals surface area contributed by atoms with Gasteiger partial charge in [-0.1, -0.05) is 78.9 Å².